The Balaban J connectivity index is 1.39. The van der Waals surface area contributed by atoms with Crippen LogP contribution in [0.25, 0.3) is 10.1 Å². The molecule has 3 aliphatic rings. The molecule has 5 rings (SSSR count). The molecule has 3 heterocycles. The smallest absolute Gasteiger partial charge is 0.359 e. The Morgan fingerprint density at radius 3 is 3.00 bits per heavy atom. The summed E-state index contributed by atoms with van der Waals surface area (Å²) in [6.07, 6.45) is 3.76. The molecule has 1 aromatic heterocycles. The van der Waals surface area contributed by atoms with Gasteiger partial charge < -0.3 is 9.47 Å². The number of esters is 1. The summed E-state index contributed by atoms with van der Waals surface area (Å²) >= 11 is 1.32. The van der Waals surface area contributed by atoms with Gasteiger partial charge in [-0.2, -0.15) is 4.37 Å². The number of aromatic nitrogens is 1. The molecule has 1 spiro atoms. The van der Waals surface area contributed by atoms with Gasteiger partial charge in [-0.25, -0.2) is 4.79 Å². The van der Waals surface area contributed by atoms with E-state index in [1.165, 1.54) is 30.8 Å². The SMILES string of the molecule is COc1ccc2c(C(=O)O[C@@H]3CN4CCC45CC[C@H]35)nsc2c1. The molecular formula is C17H18N2O3S. The van der Waals surface area contributed by atoms with Crippen molar-refractivity contribution in [3.8, 4) is 5.75 Å². The molecule has 0 amide bonds. The summed E-state index contributed by atoms with van der Waals surface area (Å²) in [5.74, 6) is 1.03. The molecule has 6 heteroatoms. The lowest BCUT2D eigenvalue weighted by Crippen LogP contribution is -2.63. The maximum Gasteiger partial charge on any atom is 0.359 e. The first-order valence-corrected chi connectivity index (χ1v) is 8.88. The number of methoxy groups -OCH3 is 1. The average molecular weight is 330 g/mol. The largest absolute Gasteiger partial charge is 0.497 e. The Hall–Kier alpha value is -1.66. The van der Waals surface area contributed by atoms with Crippen molar-refractivity contribution < 1.29 is 14.3 Å². The number of carbonyl (C=O) groups excluding carboxylic acids is 1. The zero-order chi connectivity index (χ0) is 15.6. The first-order valence-electron chi connectivity index (χ1n) is 8.11. The standard InChI is InChI=1S/C17H18N2O3S/c1-21-10-2-3-11-14(8-10)23-18-15(11)16(20)22-13-9-19-7-6-17(19)5-4-12(13)17/h2-3,8,12-13H,4-7,9H2,1H3/t12-,13-,17?/m1/s1. The number of rotatable bonds is 3. The van der Waals surface area contributed by atoms with E-state index in [-0.39, 0.29) is 12.1 Å². The van der Waals surface area contributed by atoms with Crippen LogP contribution in [0.4, 0.5) is 0 Å². The van der Waals surface area contributed by atoms with Gasteiger partial charge in [0.2, 0.25) is 0 Å². The fraction of sp³-hybridized carbons (Fsp3) is 0.529. The molecule has 2 aromatic rings. The normalized spacial score (nSPS) is 31.9. The zero-order valence-electron chi connectivity index (χ0n) is 12.9. The third kappa shape index (κ3) is 1.76. The molecule has 23 heavy (non-hydrogen) atoms. The molecule has 1 unspecified atom stereocenters. The van der Waals surface area contributed by atoms with Gasteiger partial charge in [0, 0.05) is 29.9 Å². The van der Waals surface area contributed by atoms with Gasteiger partial charge in [-0.15, -0.1) is 0 Å². The number of fused-ring (bicyclic) bond motifs is 1. The highest BCUT2D eigenvalue weighted by molar-refractivity contribution is 7.13. The van der Waals surface area contributed by atoms with Crippen LogP contribution >= 0.6 is 11.5 Å². The second kappa shape index (κ2) is 4.68. The Morgan fingerprint density at radius 2 is 2.35 bits per heavy atom. The Bertz CT molecular complexity index is 800. The summed E-state index contributed by atoms with van der Waals surface area (Å²) in [7, 11) is 1.63. The first-order chi connectivity index (χ1) is 11.2. The van der Waals surface area contributed by atoms with Crippen molar-refractivity contribution in [3.63, 3.8) is 0 Å². The summed E-state index contributed by atoms with van der Waals surface area (Å²) in [5.41, 5.74) is 0.818. The van der Waals surface area contributed by atoms with E-state index < -0.39 is 0 Å². The fourth-order valence-electron chi connectivity index (χ4n) is 4.56. The van der Waals surface area contributed by atoms with Crippen molar-refractivity contribution in [1.29, 1.82) is 0 Å². The maximum absolute atomic E-state index is 12.6. The summed E-state index contributed by atoms with van der Waals surface area (Å²) in [6, 6.07) is 5.66. The highest BCUT2D eigenvalue weighted by Gasteiger charge is 2.64. The van der Waals surface area contributed by atoms with Crippen LogP contribution in [0.3, 0.4) is 0 Å². The lowest BCUT2D eigenvalue weighted by atomic mass is 9.61. The highest BCUT2D eigenvalue weighted by atomic mass is 32.1. The van der Waals surface area contributed by atoms with Crippen LogP contribution < -0.4 is 4.74 Å². The molecule has 5 nitrogen and oxygen atoms in total. The molecule has 2 saturated heterocycles. The number of ether oxygens (including phenoxy) is 2. The number of nitrogens with zero attached hydrogens (tertiary/aromatic N) is 2. The van der Waals surface area contributed by atoms with Gasteiger partial charge in [0.05, 0.1) is 11.8 Å². The molecule has 1 aliphatic carbocycles. The summed E-state index contributed by atoms with van der Waals surface area (Å²) < 4.78 is 16.4. The van der Waals surface area contributed by atoms with Crippen molar-refractivity contribution in [2.45, 2.75) is 30.9 Å². The van der Waals surface area contributed by atoms with E-state index in [1.807, 2.05) is 18.2 Å². The van der Waals surface area contributed by atoms with E-state index in [2.05, 4.69) is 9.27 Å². The van der Waals surface area contributed by atoms with Gasteiger partial charge in [0.15, 0.2) is 5.69 Å². The second-order valence-electron chi connectivity index (χ2n) is 6.78. The molecule has 0 N–H and O–H groups in total. The van der Waals surface area contributed by atoms with Crippen molar-refractivity contribution in [3.05, 3.63) is 23.9 Å². The van der Waals surface area contributed by atoms with Crippen LogP contribution in [0.5, 0.6) is 5.75 Å². The topological polar surface area (TPSA) is 51.7 Å². The average Bonchev–Trinajstić information content (AvgIpc) is 2.97. The monoisotopic (exact) mass is 330 g/mol. The Kier molecular flexibility index (Phi) is 2.79. The van der Waals surface area contributed by atoms with Gasteiger partial charge in [-0.1, -0.05) is 0 Å². The molecule has 0 bridgehead atoms. The predicted octanol–water partition coefficient (Wildman–Crippen LogP) is 2.70. The molecular weight excluding hydrogens is 312 g/mol. The molecule has 3 fully saturated rings. The van der Waals surface area contributed by atoms with Gasteiger partial charge >= 0.3 is 5.97 Å². The number of hydrogen-bond donors (Lipinski definition) is 0. The summed E-state index contributed by atoms with van der Waals surface area (Å²) in [5, 5.41) is 0.852. The van der Waals surface area contributed by atoms with Crippen LogP contribution in [0.2, 0.25) is 0 Å². The Morgan fingerprint density at radius 1 is 1.43 bits per heavy atom. The number of carbonyl (C=O) groups is 1. The predicted molar refractivity (Wildman–Crippen MR) is 87.0 cm³/mol. The maximum atomic E-state index is 12.6. The lowest BCUT2D eigenvalue weighted by molar-refractivity contribution is -0.0771. The van der Waals surface area contributed by atoms with Gasteiger partial charge in [-0.05, 0) is 49.0 Å². The fourth-order valence-corrected chi connectivity index (χ4v) is 5.35. The van der Waals surface area contributed by atoms with E-state index >= 15 is 0 Å². The molecule has 0 radical (unpaired) electrons. The molecule has 120 valence electrons. The van der Waals surface area contributed by atoms with E-state index in [0.717, 1.165) is 28.9 Å². The van der Waals surface area contributed by atoms with Crippen molar-refractivity contribution in [1.82, 2.24) is 9.27 Å². The van der Waals surface area contributed by atoms with Crippen molar-refractivity contribution >= 4 is 27.6 Å². The highest BCUT2D eigenvalue weighted by Crippen LogP contribution is 2.58. The molecule has 3 atom stereocenters. The number of benzene rings is 1. The van der Waals surface area contributed by atoms with Crippen molar-refractivity contribution in [2.24, 2.45) is 5.92 Å². The van der Waals surface area contributed by atoms with Crippen LogP contribution in [0, 0.1) is 5.92 Å². The summed E-state index contributed by atoms with van der Waals surface area (Å²) in [4.78, 5) is 15.1. The molecule has 2 aliphatic heterocycles. The van der Waals surface area contributed by atoms with Gasteiger partial charge in [0.25, 0.3) is 0 Å². The molecule has 1 saturated carbocycles. The van der Waals surface area contributed by atoms with Crippen LogP contribution in [0.15, 0.2) is 18.2 Å². The minimum Gasteiger partial charge on any atom is -0.497 e. The van der Waals surface area contributed by atoms with Crippen molar-refractivity contribution in [2.75, 3.05) is 20.2 Å². The quantitative estimate of drug-likeness (QED) is 0.810. The number of hydrogen-bond acceptors (Lipinski definition) is 6. The van der Waals surface area contributed by atoms with Gasteiger partial charge in [-0.3, -0.25) is 4.90 Å². The second-order valence-corrected chi connectivity index (χ2v) is 7.59. The van der Waals surface area contributed by atoms with E-state index in [0.29, 0.717) is 17.2 Å². The van der Waals surface area contributed by atoms with E-state index in [4.69, 9.17) is 9.47 Å². The lowest BCUT2D eigenvalue weighted by Gasteiger charge is -2.57. The first kappa shape index (κ1) is 13.7. The van der Waals surface area contributed by atoms with E-state index in [9.17, 15) is 4.79 Å². The van der Waals surface area contributed by atoms with Gasteiger partial charge in [0.1, 0.15) is 11.9 Å². The third-order valence-electron chi connectivity index (χ3n) is 6.00. The zero-order valence-corrected chi connectivity index (χ0v) is 13.8. The van der Waals surface area contributed by atoms with Crippen LogP contribution in [0.1, 0.15) is 29.8 Å². The Labute approximate surface area is 138 Å². The summed E-state index contributed by atoms with van der Waals surface area (Å²) in [6.45, 7) is 2.05. The minimum absolute atomic E-state index is 0.0359. The van der Waals surface area contributed by atoms with Crippen LogP contribution in [-0.4, -0.2) is 47.1 Å². The minimum atomic E-state index is -0.282. The molecule has 1 aromatic carbocycles. The van der Waals surface area contributed by atoms with Crippen LogP contribution in [-0.2, 0) is 4.74 Å². The van der Waals surface area contributed by atoms with E-state index in [1.54, 1.807) is 7.11 Å². The third-order valence-corrected chi connectivity index (χ3v) is 6.81.